The fourth-order valence-corrected chi connectivity index (χ4v) is 5.79. The molecular formula is C28H31BrClN3O5S. The first-order valence-corrected chi connectivity index (χ1v) is 14.8. The Bertz CT molecular complexity index is 1420. The van der Waals surface area contributed by atoms with Gasteiger partial charge in [0.05, 0.1) is 22.7 Å². The number of likely N-dealkylation sites (N-methyl/N-ethyl adjacent to an activating group) is 1. The normalized spacial score (nSPS) is 11.9. The Morgan fingerprint density at radius 3 is 2.26 bits per heavy atom. The number of hydrogen-bond acceptors (Lipinski definition) is 5. The van der Waals surface area contributed by atoms with Gasteiger partial charge in [-0.15, -0.1) is 0 Å². The SMILES string of the molecule is CCNC(=O)[C@H](C)N(Cc1ccc(Br)cc1)C(=O)CN(c1ccc(OC)c(Cl)c1)S(=O)(=O)c1ccc(C)cc1. The number of anilines is 1. The highest BCUT2D eigenvalue weighted by atomic mass is 79.9. The summed E-state index contributed by atoms with van der Waals surface area (Å²) >= 11 is 9.74. The molecule has 0 aromatic heterocycles. The van der Waals surface area contributed by atoms with Crippen LogP contribution in [0.25, 0.3) is 0 Å². The van der Waals surface area contributed by atoms with E-state index in [1.54, 1.807) is 26.0 Å². The van der Waals surface area contributed by atoms with Gasteiger partial charge < -0.3 is 15.0 Å². The number of ether oxygens (including phenoxy) is 1. The van der Waals surface area contributed by atoms with E-state index < -0.39 is 28.5 Å². The first-order valence-electron chi connectivity index (χ1n) is 12.2. The van der Waals surface area contributed by atoms with Gasteiger partial charge in [-0.2, -0.15) is 0 Å². The highest BCUT2D eigenvalue weighted by molar-refractivity contribution is 9.10. The standard InChI is InChI=1S/C28H31BrClN3O5S/c1-5-31-28(35)20(3)32(17-21-8-10-22(29)11-9-21)27(34)18-33(23-12-15-26(38-4)25(30)16-23)39(36,37)24-13-6-19(2)7-14-24/h6-16,20H,5,17-18H2,1-4H3,(H,31,35)/t20-/m0/s1. The average Bonchev–Trinajstić information content (AvgIpc) is 2.91. The third-order valence-electron chi connectivity index (χ3n) is 6.10. The van der Waals surface area contributed by atoms with E-state index in [1.165, 1.54) is 42.3 Å². The van der Waals surface area contributed by atoms with E-state index in [1.807, 2.05) is 31.2 Å². The molecule has 0 bridgehead atoms. The van der Waals surface area contributed by atoms with Gasteiger partial charge >= 0.3 is 0 Å². The van der Waals surface area contributed by atoms with Gasteiger partial charge in [0.1, 0.15) is 18.3 Å². The van der Waals surface area contributed by atoms with Crippen molar-refractivity contribution in [2.75, 3.05) is 24.5 Å². The van der Waals surface area contributed by atoms with Crippen LogP contribution >= 0.6 is 27.5 Å². The lowest BCUT2D eigenvalue weighted by molar-refractivity contribution is -0.139. The molecule has 3 aromatic carbocycles. The zero-order valence-electron chi connectivity index (χ0n) is 22.1. The number of aryl methyl sites for hydroxylation is 1. The van der Waals surface area contributed by atoms with E-state index in [4.69, 9.17) is 16.3 Å². The topological polar surface area (TPSA) is 96.0 Å². The summed E-state index contributed by atoms with van der Waals surface area (Å²) in [5.41, 5.74) is 1.85. The van der Waals surface area contributed by atoms with Crippen LogP contribution in [0, 0.1) is 6.92 Å². The van der Waals surface area contributed by atoms with Crippen LogP contribution in [0.3, 0.4) is 0 Å². The first kappa shape index (κ1) is 30.5. The number of carbonyl (C=O) groups is 2. The van der Waals surface area contributed by atoms with E-state index >= 15 is 0 Å². The molecule has 0 radical (unpaired) electrons. The zero-order valence-corrected chi connectivity index (χ0v) is 25.3. The quantitative estimate of drug-likeness (QED) is 0.314. The maximum atomic E-state index is 13.9. The lowest BCUT2D eigenvalue weighted by Gasteiger charge is -2.32. The highest BCUT2D eigenvalue weighted by Crippen LogP contribution is 2.32. The molecular weight excluding hydrogens is 606 g/mol. The number of rotatable bonds is 11. The van der Waals surface area contributed by atoms with Crippen LogP contribution in [0.5, 0.6) is 5.75 Å². The third-order valence-corrected chi connectivity index (χ3v) is 8.71. The Morgan fingerprint density at radius 1 is 1.05 bits per heavy atom. The molecule has 1 N–H and O–H groups in total. The molecule has 8 nitrogen and oxygen atoms in total. The summed E-state index contributed by atoms with van der Waals surface area (Å²) in [7, 11) is -2.74. The van der Waals surface area contributed by atoms with E-state index in [9.17, 15) is 18.0 Å². The Hall–Kier alpha value is -3.08. The molecule has 0 spiro atoms. The third kappa shape index (κ3) is 7.52. The second-order valence-corrected chi connectivity index (χ2v) is 12.0. The van der Waals surface area contributed by atoms with Crippen molar-refractivity contribution in [2.24, 2.45) is 0 Å². The van der Waals surface area contributed by atoms with Crippen LogP contribution in [-0.4, -0.2) is 51.4 Å². The summed E-state index contributed by atoms with van der Waals surface area (Å²) in [6.45, 7) is 5.19. The number of hydrogen-bond donors (Lipinski definition) is 1. The monoisotopic (exact) mass is 635 g/mol. The van der Waals surface area contributed by atoms with Gasteiger partial charge in [0.15, 0.2) is 0 Å². The summed E-state index contributed by atoms with van der Waals surface area (Å²) in [6.07, 6.45) is 0. The summed E-state index contributed by atoms with van der Waals surface area (Å²) < 4.78 is 34.8. The Kier molecular flexibility index (Phi) is 10.4. The van der Waals surface area contributed by atoms with Crippen molar-refractivity contribution in [3.05, 3.63) is 87.4 Å². The van der Waals surface area contributed by atoms with Gasteiger partial charge in [0, 0.05) is 17.6 Å². The molecule has 3 aromatic rings. The molecule has 0 saturated heterocycles. The van der Waals surface area contributed by atoms with Gasteiger partial charge in [0.25, 0.3) is 10.0 Å². The minimum absolute atomic E-state index is 0.0177. The molecule has 0 heterocycles. The zero-order chi connectivity index (χ0) is 28.7. The predicted molar refractivity (Wildman–Crippen MR) is 157 cm³/mol. The summed E-state index contributed by atoms with van der Waals surface area (Å²) in [6, 6.07) is 17.3. The van der Waals surface area contributed by atoms with E-state index in [0.717, 1.165) is 19.9 Å². The second kappa shape index (κ2) is 13.3. The Morgan fingerprint density at radius 2 is 1.69 bits per heavy atom. The Labute approximate surface area is 243 Å². The van der Waals surface area contributed by atoms with Crippen molar-refractivity contribution in [1.29, 1.82) is 0 Å². The molecule has 11 heteroatoms. The van der Waals surface area contributed by atoms with Crippen molar-refractivity contribution >= 4 is 55.1 Å². The number of methoxy groups -OCH3 is 1. The van der Waals surface area contributed by atoms with Crippen LogP contribution < -0.4 is 14.4 Å². The number of amides is 2. The number of sulfonamides is 1. The minimum Gasteiger partial charge on any atom is -0.495 e. The lowest BCUT2D eigenvalue weighted by atomic mass is 10.1. The van der Waals surface area contributed by atoms with E-state index in [-0.39, 0.29) is 28.1 Å². The minimum atomic E-state index is -4.19. The number of nitrogens with zero attached hydrogens (tertiary/aromatic N) is 2. The molecule has 0 saturated carbocycles. The summed E-state index contributed by atoms with van der Waals surface area (Å²) in [5.74, 6) is -0.538. The van der Waals surface area contributed by atoms with Crippen LogP contribution in [0.1, 0.15) is 25.0 Å². The van der Waals surface area contributed by atoms with Crippen molar-refractivity contribution in [2.45, 2.75) is 38.3 Å². The number of carbonyl (C=O) groups excluding carboxylic acids is 2. The van der Waals surface area contributed by atoms with Gasteiger partial charge in [-0.05, 0) is 68.8 Å². The molecule has 3 rings (SSSR count). The first-order chi connectivity index (χ1) is 18.5. The summed E-state index contributed by atoms with van der Waals surface area (Å²) in [5, 5.41) is 2.93. The van der Waals surface area contributed by atoms with E-state index in [0.29, 0.717) is 12.3 Å². The molecule has 208 valence electrons. The molecule has 39 heavy (non-hydrogen) atoms. The van der Waals surface area contributed by atoms with Gasteiger partial charge in [-0.3, -0.25) is 13.9 Å². The molecule has 0 aliphatic rings. The smallest absolute Gasteiger partial charge is 0.264 e. The molecule has 0 unspecified atom stereocenters. The fourth-order valence-electron chi connectivity index (χ4n) is 3.87. The van der Waals surface area contributed by atoms with Gasteiger partial charge in [0.2, 0.25) is 11.8 Å². The molecule has 0 aliphatic carbocycles. The lowest BCUT2D eigenvalue weighted by Crippen LogP contribution is -2.51. The number of halogens is 2. The van der Waals surface area contributed by atoms with Crippen LogP contribution in [-0.2, 0) is 26.2 Å². The number of benzene rings is 3. The summed E-state index contributed by atoms with van der Waals surface area (Å²) in [4.78, 5) is 28.0. The maximum absolute atomic E-state index is 13.9. The van der Waals surface area contributed by atoms with Crippen LogP contribution in [0.4, 0.5) is 5.69 Å². The maximum Gasteiger partial charge on any atom is 0.264 e. The average molecular weight is 637 g/mol. The fraction of sp³-hybridized carbons (Fsp3) is 0.286. The number of nitrogens with one attached hydrogen (secondary N) is 1. The van der Waals surface area contributed by atoms with Crippen molar-refractivity contribution < 1.29 is 22.7 Å². The molecule has 0 fully saturated rings. The van der Waals surface area contributed by atoms with Crippen molar-refractivity contribution in [1.82, 2.24) is 10.2 Å². The van der Waals surface area contributed by atoms with E-state index in [2.05, 4.69) is 21.2 Å². The largest absolute Gasteiger partial charge is 0.495 e. The predicted octanol–water partition coefficient (Wildman–Crippen LogP) is 5.17. The highest BCUT2D eigenvalue weighted by Gasteiger charge is 2.32. The van der Waals surface area contributed by atoms with Gasteiger partial charge in [-0.1, -0.05) is 57.4 Å². The Balaban J connectivity index is 2.06. The van der Waals surface area contributed by atoms with Crippen molar-refractivity contribution in [3.8, 4) is 5.75 Å². The van der Waals surface area contributed by atoms with Crippen molar-refractivity contribution in [3.63, 3.8) is 0 Å². The molecule has 0 aliphatic heterocycles. The molecule has 2 amide bonds. The second-order valence-electron chi connectivity index (χ2n) is 8.86. The van der Waals surface area contributed by atoms with Gasteiger partial charge in [-0.25, -0.2) is 8.42 Å². The van der Waals surface area contributed by atoms with Crippen LogP contribution in [0.2, 0.25) is 5.02 Å². The molecule has 1 atom stereocenters. The van der Waals surface area contributed by atoms with Crippen LogP contribution in [0.15, 0.2) is 76.1 Å².